The second kappa shape index (κ2) is 8.26. The van der Waals surface area contributed by atoms with Crippen LogP contribution in [0.1, 0.15) is 12.0 Å². The minimum Gasteiger partial charge on any atom is -0.454 e. The molecule has 2 aromatic rings. The molecule has 0 radical (unpaired) electrons. The monoisotopic (exact) mass is 474 g/mol. The van der Waals surface area contributed by atoms with Crippen molar-refractivity contribution in [3.8, 4) is 11.5 Å². The molecule has 0 saturated carbocycles. The molecule has 0 spiro atoms. The second-order valence-corrected chi connectivity index (χ2v) is 8.29. The molecule has 2 aromatic carbocycles. The first-order valence-corrected chi connectivity index (χ1v) is 10.2. The van der Waals surface area contributed by atoms with Crippen molar-refractivity contribution in [3.05, 3.63) is 52.5 Å². The minimum absolute atomic E-state index is 0.0572. The Labute approximate surface area is 178 Å². The summed E-state index contributed by atoms with van der Waals surface area (Å²) in [4.78, 5) is 26.1. The Kier molecular flexibility index (Phi) is 5.54. The molecule has 0 aliphatic carbocycles. The van der Waals surface area contributed by atoms with Gasteiger partial charge in [-0.2, -0.15) is 5.10 Å². The number of amides is 2. The third-order valence-corrected chi connectivity index (χ3v) is 5.72. The van der Waals surface area contributed by atoms with E-state index >= 15 is 0 Å². The van der Waals surface area contributed by atoms with E-state index < -0.39 is 5.25 Å². The molecule has 0 unspecified atom stereocenters. The van der Waals surface area contributed by atoms with Crippen molar-refractivity contribution >= 4 is 56.6 Å². The molecule has 0 aromatic heterocycles. The maximum absolute atomic E-state index is 12.6. The van der Waals surface area contributed by atoms with Crippen molar-refractivity contribution in [1.29, 1.82) is 0 Å². The molecule has 148 valence electrons. The van der Waals surface area contributed by atoms with Gasteiger partial charge in [-0.05, 0) is 48.0 Å². The summed E-state index contributed by atoms with van der Waals surface area (Å²) in [7, 11) is 0. The number of carbonyl (C=O) groups is 2. The Morgan fingerprint density at radius 2 is 1.93 bits per heavy atom. The van der Waals surface area contributed by atoms with E-state index in [0.717, 1.165) is 21.8 Å². The first-order chi connectivity index (χ1) is 14.0. The van der Waals surface area contributed by atoms with Crippen molar-refractivity contribution in [3.63, 3.8) is 0 Å². The molecule has 29 heavy (non-hydrogen) atoms. The summed E-state index contributed by atoms with van der Waals surface area (Å²) in [5, 5.41) is 7.33. The number of thioether (sulfide) groups is 1. The highest BCUT2D eigenvalue weighted by molar-refractivity contribution is 9.10. The maximum Gasteiger partial charge on any atom is 0.247 e. The van der Waals surface area contributed by atoms with Crippen LogP contribution in [0.5, 0.6) is 11.5 Å². The number of anilines is 1. The number of hydrogen-bond acceptors (Lipinski definition) is 7. The number of imide groups is 1. The second-order valence-electron chi connectivity index (χ2n) is 6.15. The lowest BCUT2D eigenvalue weighted by molar-refractivity contribution is -0.121. The smallest absolute Gasteiger partial charge is 0.247 e. The topological polar surface area (TPSA) is 107 Å². The summed E-state index contributed by atoms with van der Waals surface area (Å²) in [6.45, 7) is 0.198. The van der Waals surface area contributed by atoms with Crippen LogP contribution in [-0.4, -0.2) is 35.2 Å². The standard InChI is InChI=1S/C19H15BrN4O4S/c20-12-2-4-13(5-3-12)24-17(25)8-16(18(24)26)29-19(21)23-22-9-11-1-6-14-15(7-11)28-10-27-14/h1-7,9,16H,8,10H2,(H2,21,23)/b22-9-/t16-/m0/s1. The van der Waals surface area contributed by atoms with Crippen LogP contribution < -0.4 is 20.1 Å². The molecule has 2 N–H and O–H groups in total. The lowest BCUT2D eigenvalue weighted by Gasteiger charge is -2.14. The summed E-state index contributed by atoms with van der Waals surface area (Å²) in [5.74, 6) is 0.732. The number of carbonyl (C=O) groups excluding carboxylic acids is 2. The molecule has 1 atom stereocenters. The van der Waals surface area contributed by atoms with Gasteiger partial charge in [-0.3, -0.25) is 9.59 Å². The summed E-state index contributed by atoms with van der Waals surface area (Å²) < 4.78 is 11.4. The molecular weight excluding hydrogens is 460 g/mol. The predicted octanol–water partition coefficient (Wildman–Crippen LogP) is 2.89. The Morgan fingerprint density at radius 1 is 1.17 bits per heavy atom. The average molecular weight is 475 g/mol. The minimum atomic E-state index is -0.629. The van der Waals surface area contributed by atoms with E-state index in [9.17, 15) is 9.59 Å². The number of rotatable bonds is 4. The molecule has 2 aliphatic rings. The van der Waals surface area contributed by atoms with Crippen LogP contribution in [0.2, 0.25) is 0 Å². The average Bonchev–Trinajstić information content (AvgIpc) is 3.27. The zero-order chi connectivity index (χ0) is 20.4. The fraction of sp³-hybridized carbons (Fsp3) is 0.158. The molecule has 8 nitrogen and oxygen atoms in total. The highest BCUT2D eigenvalue weighted by Gasteiger charge is 2.40. The number of fused-ring (bicyclic) bond motifs is 1. The van der Waals surface area contributed by atoms with Crippen LogP contribution in [0.3, 0.4) is 0 Å². The van der Waals surface area contributed by atoms with Crippen molar-refractivity contribution < 1.29 is 19.1 Å². The maximum atomic E-state index is 12.6. The van der Waals surface area contributed by atoms with Crippen LogP contribution in [0.25, 0.3) is 0 Å². The van der Waals surface area contributed by atoms with Gasteiger partial charge >= 0.3 is 0 Å². The van der Waals surface area contributed by atoms with Crippen molar-refractivity contribution in [2.75, 3.05) is 11.7 Å². The largest absolute Gasteiger partial charge is 0.454 e. The van der Waals surface area contributed by atoms with Crippen LogP contribution in [0.15, 0.2) is 57.1 Å². The third-order valence-electron chi connectivity index (χ3n) is 4.21. The molecule has 2 aliphatic heterocycles. The van der Waals surface area contributed by atoms with Gasteiger partial charge in [-0.15, -0.1) is 5.10 Å². The molecule has 10 heteroatoms. The Bertz CT molecular complexity index is 1030. The summed E-state index contributed by atoms with van der Waals surface area (Å²) >= 11 is 4.36. The van der Waals surface area contributed by atoms with E-state index in [0.29, 0.717) is 17.2 Å². The lowest BCUT2D eigenvalue weighted by Crippen LogP contribution is -2.31. The van der Waals surface area contributed by atoms with Gasteiger partial charge in [0.1, 0.15) is 5.25 Å². The number of amidine groups is 1. The van der Waals surface area contributed by atoms with Crippen LogP contribution in [-0.2, 0) is 9.59 Å². The lowest BCUT2D eigenvalue weighted by atomic mass is 10.2. The molecule has 2 amide bonds. The quantitative estimate of drug-likeness (QED) is 0.316. The number of nitrogens with two attached hydrogens (primary N) is 1. The van der Waals surface area contributed by atoms with E-state index in [2.05, 4.69) is 26.1 Å². The van der Waals surface area contributed by atoms with E-state index in [-0.39, 0.29) is 30.2 Å². The molecule has 4 rings (SSSR count). The van der Waals surface area contributed by atoms with Crippen molar-refractivity contribution in [1.82, 2.24) is 0 Å². The number of hydrogen-bond donors (Lipinski definition) is 1. The highest BCUT2D eigenvalue weighted by atomic mass is 79.9. The fourth-order valence-electron chi connectivity index (χ4n) is 2.87. The first-order valence-electron chi connectivity index (χ1n) is 8.56. The SMILES string of the molecule is NC(=N/N=C\c1ccc2c(c1)OCO2)S[C@H]1CC(=O)N(c2ccc(Br)cc2)C1=O. The van der Waals surface area contributed by atoms with E-state index in [1.54, 1.807) is 36.4 Å². The third kappa shape index (κ3) is 4.28. The Balaban J connectivity index is 1.40. The van der Waals surface area contributed by atoms with Gasteiger partial charge in [0.2, 0.25) is 18.6 Å². The molecule has 1 fully saturated rings. The normalized spacial score (nSPS) is 18.9. The van der Waals surface area contributed by atoms with Gasteiger partial charge in [0.15, 0.2) is 16.7 Å². The fourth-order valence-corrected chi connectivity index (χ4v) is 3.96. The van der Waals surface area contributed by atoms with Gasteiger partial charge in [-0.1, -0.05) is 27.7 Å². The van der Waals surface area contributed by atoms with Crippen LogP contribution in [0.4, 0.5) is 5.69 Å². The number of nitrogens with zero attached hydrogens (tertiary/aromatic N) is 3. The summed E-state index contributed by atoms with van der Waals surface area (Å²) in [6.07, 6.45) is 1.58. The molecular formula is C19H15BrN4O4S. The van der Waals surface area contributed by atoms with Gasteiger partial charge in [0, 0.05) is 10.9 Å². The van der Waals surface area contributed by atoms with Gasteiger partial charge < -0.3 is 15.2 Å². The zero-order valence-corrected chi connectivity index (χ0v) is 17.4. The molecule has 0 bridgehead atoms. The predicted molar refractivity (Wildman–Crippen MR) is 114 cm³/mol. The van der Waals surface area contributed by atoms with Gasteiger partial charge in [-0.25, -0.2) is 4.90 Å². The van der Waals surface area contributed by atoms with Gasteiger partial charge in [0.25, 0.3) is 0 Å². The first kappa shape index (κ1) is 19.5. The van der Waals surface area contributed by atoms with Crippen molar-refractivity contribution in [2.45, 2.75) is 11.7 Å². The van der Waals surface area contributed by atoms with Crippen LogP contribution >= 0.6 is 27.7 Å². The summed E-state index contributed by atoms with van der Waals surface area (Å²) in [5.41, 5.74) is 7.18. The zero-order valence-electron chi connectivity index (χ0n) is 14.9. The van der Waals surface area contributed by atoms with Crippen LogP contribution in [0, 0.1) is 0 Å². The Hall–Kier alpha value is -2.85. The number of benzene rings is 2. The Morgan fingerprint density at radius 3 is 2.72 bits per heavy atom. The highest BCUT2D eigenvalue weighted by Crippen LogP contribution is 2.32. The van der Waals surface area contributed by atoms with E-state index in [4.69, 9.17) is 15.2 Å². The molecule has 2 heterocycles. The number of ether oxygens (including phenoxy) is 2. The van der Waals surface area contributed by atoms with Crippen molar-refractivity contribution in [2.24, 2.45) is 15.9 Å². The van der Waals surface area contributed by atoms with E-state index in [1.807, 2.05) is 6.07 Å². The van der Waals surface area contributed by atoms with E-state index in [1.165, 1.54) is 11.1 Å². The number of halogens is 1. The summed E-state index contributed by atoms with van der Waals surface area (Å²) in [6, 6.07) is 12.3. The molecule has 1 saturated heterocycles. The van der Waals surface area contributed by atoms with Gasteiger partial charge in [0.05, 0.1) is 11.9 Å².